The number of aryl methyl sites for hydroxylation is 1. The molecule has 1 aromatic heterocycles. The van der Waals surface area contributed by atoms with E-state index in [4.69, 9.17) is 4.74 Å². The van der Waals surface area contributed by atoms with Gasteiger partial charge in [0.15, 0.2) is 0 Å². The van der Waals surface area contributed by atoms with Crippen LogP contribution in [0.1, 0.15) is 18.2 Å². The Kier molecular flexibility index (Phi) is 4.48. The minimum atomic E-state index is -3.39. The topological polar surface area (TPSA) is 46.6 Å². The Labute approximate surface area is 120 Å². The highest BCUT2D eigenvalue weighted by atomic mass is 79.9. The Bertz CT molecular complexity index is 526. The molecule has 0 N–H and O–H groups in total. The van der Waals surface area contributed by atoms with E-state index in [1.165, 1.54) is 15.6 Å². The first-order valence-electron chi connectivity index (χ1n) is 5.79. The van der Waals surface area contributed by atoms with Gasteiger partial charge in [-0.2, -0.15) is 4.31 Å². The van der Waals surface area contributed by atoms with Crippen molar-refractivity contribution in [1.82, 2.24) is 4.31 Å². The average molecular weight is 354 g/mol. The van der Waals surface area contributed by atoms with Gasteiger partial charge in [0.2, 0.25) is 10.0 Å². The van der Waals surface area contributed by atoms with Crippen molar-refractivity contribution >= 4 is 37.3 Å². The fourth-order valence-electron chi connectivity index (χ4n) is 2.00. The minimum absolute atomic E-state index is 0.0512. The molecule has 0 saturated carbocycles. The van der Waals surface area contributed by atoms with Gasteiger partial charge in [0.25, 0.3) is 0 Å². The fraction of sp³-hybridized carbons (Fsp3) is 0.636. The van der Waals surface area contributed by atoms with Gasteiger partial charge < -0.3 is 4.74 Å². The lowest BCUT2D eigenvalue weighted by Crippen LogP contribution is -2.36. The highest BCUT2D eigenvalue weighted by Crippen LogP contribution is 2.32. The highest BCUT2D eigenvalue weighted by Gasteiger charge is 2.30. The van der Waals surface area contributed by atoms with Gasteiger partial charge in [-0.1, -0.05) is 0 Å². The molecule has 4 nitrogen and oxygen atoms in total. The van der Waals surface area contributed by atoms with Crippen molar-refractivity contribution in [2.45, 2.75) is 31.3 Å². The molecular weight excluding hydrogens is 338 g/mol. The molecule has 102 valence electrons. The van der Waals surface area contributed by atoms with Gasteiger partial charge in [0.05, 0.1) is 14.8 Å². The summed E-state index contributed by atoms with van der Waals surface area (Å²) in [4.78, 5) is 1.23. The third kappa shape index (κ3) is 2.96. The van der Waals surface area contributed by atoms with Crippen molar-refractivity contribution < 1.29 is 13.2 Å². The maximum atomic E-state index is 12.6. The summed E-state index contributed by atoms with van der Waals surface area (Å²) >= 11 is 4.78. The van der Waals surface area contributed by atoms with Gasteiger partial charge in [-0.15, -0.1) is 11.3 Å². The number of rotatable bonds is 2. The van der Waals surface area contributed by atoms with Gasteiger partial charge in [-0.3, -0.25) is 0 Å². The Morgan fingerprint density at radius 2 is 2.28 bits per heavy atom. The van der Waals surface area contributed by atoms with Gasteiger partial charge in [0, 0.05) is 24.6 Å². The summed E-state index contributed by atoms with van der Waals surface area (Å²) < 4.78 is 33.0. The standard InChI is InChI=1S/C11H16BrNO3S2/c1-8-7-13(4-3-5-16-8)18(14,15)10-6-11(12)17-9(10)2/h6,8H,3-5,7H2,1-2H3. The first kappa shape index (κ1) is 14.5. The lowest BCUT2D eigenvalue weighted by Gasteiger charge is -2.21. The average Bonchev–Trinajstić information content (AvgIpc) is 2.50. The zero-order valence-corrected chi connectivity index (χ0v) is 13.6. The van der Waals surface area contributed by atoms with E-state index in [1.807, 2.05) is 13.8 Å². The number of nitrogens with zero attached hydrogens (tertiary/aromatic N) is 1. The van der Waals surface area contributed by atoms with Gasteiger partial charge in [-0.25, -0.2) is 8.42 Å². The maximum absolute atomic E-state index is 12.6. The molecule has 0 amide bonds. The van der Waals surface area contributed by atoms with Crippen molar-refractivity contribution in [3.63, 3.8) is 0 Å². The van der Waals surface area contributed by atoms with Crippen molar-refractivity contribution in [1.29, 1.82) is 0 Å². The summed E-state index contributed by atoms with van der Waals surface area (Å²) in [5, 5.41) is 0. The van der Waals surface area contributed by atoms with Crippen molar-refractivity contribution in [3.8, 4) is 0 Å². The molecule has 0 bridgehead atoms. The van der Waals surface area contributed by atoms with E-state index in [2.05, 4.69) is 15.9 Å². The van der Waals surface area contributed by atoms with Crippen LogP contribution in [0.15, 0.2) is 14.7 Å². The maximum Gasteiger partial charge on any atom is 0.244 e. The number of halogens is 1. The normalized spacial score (nSPS) is 22.9. The summed E-state index contributed by atoms with van der Waals surface area (Å²) in [5.74, 6) is 0. The molecule has 7 heteroatoms. The molecule has 18 heavy (non-hydrogen) atoms. The molecule has 1 fully saturated rings. The van der Waals surface area contributed by atoms with Crippen LogP contribution in [-0.2, 0) is 14.8 Å². The molecule has 1 unspecified atom stereocenters. The Morgan fingerprint density at radius 3 is 2.89 bits per heavy atom. The Hall–Kier alpha value is 0.0500. The highest BCUT2D eigenvalue weighted by molar-refractivity contribution is 9.11. The molecule has 0 radical (unpaired) electrons. The summed E-state index contributed by atoms with van der Waals surface area (Å²) in [7, 11) is -3.39. The molecule has 0 aromatic carbocycles. The number of ether oxygens (including phenoxy) is 1. The second-order valence-corrected chi connectivity index (χ2v) is 8.91. The first-order chi connectivity index (χ1) is 8.41. The van der Waals surface area contributed by atoms with Crippen LogP contribution in [0.4, 0.5) is 0 Å². The van der Waals surface area contributed by atoms with E-state index in [-0.39, 0.29) is 6.10 Å². The van der Waals surface area contributed by atoms with Crippen LogP contribution in [0.25, 0.3) is 0 Å². The summed E-state index contributed by atoms with van der Waals surface area (Å²) in [6.45, 7) is 5.32. The third-order valence-electron chi connectivity index (χ3n) is 2.87. The van der Waals surface area contributed by atoms with Crippen LogP contribution in [-0.4, -0.2) is 38.5 Å². The molecule has 1 atom stereocenters. The lowest BCUT2D eigenvalue weighted by molar-refractivity contribution is 0.0752. The van der Waals surface area contributed by atoms with Crippen LogP contribution in [0.3, 0.4) is 0 Å². The molecular formula is C11H16BrNO3S2. The zero-order valence-electron chi connectivity index (χ0n) is 10.3. The van der Waals surface area contributed by atoms with Crippen LogP contribution < -0.4 is 0 Å². The van der Waals surface area contributed by atoms with Crippen LogP contribution in [0.5, 0.6) is 0 Å². The van der Waals surface area contributed by atoms with E-state index in [0.717, 1.165) is 15.1 Å². The minimum Gasteiger partial charge on any atom is -0.377 e. The number of hydrogen-bond donors (Lipinski definition) is 0. The molecule has 1 aliphatic heterocycles. The molecule has 2 rings (SSSR count). The third-order valence-corrected chi connectivity index (χ3v) is 6.55. The van der Waals surface area contributed by atoms with E-state index < -0.39 is 10.0 Å². The smallest absolute Gasteiger partial charge is 0.244 e. The second-order valence-electron chi connectivity index (χ2n) is 4.37. The van der Waals surface area contributed by atoms with Crippen LogP contribution in [0, 0.1) is 6.92 Å². The Balaban J connectivity index is 2.32. The lowest BCUT2D eigenvalue weighted by atomic mass is 10.4. The number of sulfonamides is 1. The van der Waals surface area contributed by atoms with Crippen LogP contribution in [0.2, 0.25) is 0 Å². The van der Waals surface area contributed by atoms with E-state index in [9.17, 15) is 8.42 Å². The molecule has 0 spiro atoms. The number of hydrogen-bond acceptors (Lipinski definition) is 4. The summed E-state index contributed by atoms with van der Waals surface area (Å²) in [6, 6.07) is 1.69. The van der Waals surface area contributed by atoms with Crippen LogP contribution >= 0.6 is 27.3 Å². The Morgan fingerprint density at radius 1 is 1.56 bits per heavy atom. The second kappa shape index (κ2) is 5.58. The predicted octanol–water partition coefficient (Wildman–Crippen LogP) is 2.62. The van der Waals surface area contributed by atoms with Crippen molar-refractivity contribution in [2.24, 2.45) is 0 Å². The zero-order chi connectivity index (χ0) is 13.3. The van der Waals surface area contributed by atoms with E-state index >= 15 is 0 Å². The summed E-state index contributed by atoms with van der Waals surface area (Å²) in [6.07, 6.45) is 0.693. The molecule has 0 aliphatic carbocycles. The molecule has 1 saturated heterocycles. The van der Waals surface area contributed by atoms with Gasteiger partial charge in [-0.05, 0) is 42.3 Å². The van der Waals surface area contributed by atoms with E-state index in [1.54, 1.807) is 6.07 Å². The van der Waals surface area contributed by atoms with Crippen molar-refractivity contribution in [3.05, 3.63) is 14.7 Å². The van der Waals surface area contributed by atoms with E-state index in [0.29, 0.717) is 24.6 Å². The molecule has 2 heterocycles. The van der Waals surface area contributed by atoms with Gasteiger partial charge in [0.1, 0.15) is 0 Å². The first-order valence-corrected chi connectivity index (χ1v) is 8.84. The summed E-state index contributed by atoms with van der Waals surface area (Å²) in [5.41, 5.74) is 0. The van der Waals surface area contributed by atoms with Gasteiger partial charge >= 0.3 is 0 Å². The number of thiophene rings is 1. The molecule has 1 aliphatic rings. The molecule has 1 aromatic rings. The van der Waals surface area contributed by atoms with Crippen molar-refractivity contribution in [2.75, 3.05) is 19.7 Å². The largest absolute Gasteiger partial charge is 0.377 e. The fourth-order valence-corrected chi connectivity index (χ4v) is 5.94. The monoisotopic (exact) mass is 353 g/mol. The predicted molar refractivity (Wildman–Crippen MR) is 75.5 cm³/mol. The SMILES string of the molecule is Cc1sc(Br)cc1S(=O)(=O)N1CCCOC(C)C1. The quantitative estimate of drug-likeness (QED) is 0.820.